The van der Waals surface area contributed by atoms with Gasteiger partial charge in [-0.05, 0) is 36.4 Å². The third-order valence-corrected chi connectivity index (χ3v) is 3.72. The fraction of sp³-hybridized carbons (Fsp3) is 0. The van der Waals surface area contributed by atoms with E-state index in [0.29, 0.717) is 5.13 Å². The molecule has 0 aliphatic heterocycles. The Hall–Kier alpha value is -3.13. The molecule has 0 bridgehead atoms. The molecule has 0 fully saturated rings. The van der Waals surface area contributed by atoms with Crippen molar-refractivity contribution in [3.05, 3.63) is 71.2 Å². The monoisotopic (exact) mass is 342 g/mol. The largest absolute Gasteiger partial charge is 0.320 e. The molecule has 2 N–H and O–H groups in total. The number of benzene rings is 1. The number of amides is 2. The number of carbonyl (C=O) groups is 2. The summed E-state index contributed by atoms with van der Waals surface area (Å²) >= 11 is 1.27. The smallest absolute Gasteiger partial charge is 0.278 e. The molecule has 0 saturated heterocycles. The summed E-state index contributed by atoms with van der Waals surface area (Å²) in [5.74, 6) is -1.39. The number of hydrogen-bond donors (Lipinski definition) is 2. The molecule has 120 valence electrons. The van der Waals surface area contributed by atoms with Crippen molar-refractivity contribution in [1.29, 1.82) is 0 Å². The summed E-state index contributed by atoms with van der Waals surface area (Å²) in [7, 11) is 0. The Morgan fingerprint density at radius 1 is 0.958 bits per heavy atom. The number of carbonyl (C=O) groups excluding carboxylic acids is 2. The molecule has 2 heterocycles. The number of aromatic nitrogens is 2. The summed E-state index contributed by atoms with van der Waals surface area (Å²) in [5, 5.41) is 7.37. The molecule has 3 rings (SSSR count). The van der Waals surface area contributed by atoms with Crippen LogP contribution >= 0.6 is 11.3 Å². The number of nitrogens with one attached hydrogen (secondary N) is 2. The van der Waals surface area contributed by atoms with Crippen LogP contribution in [0.25, 0.3) is 0 Å². The molecule has 3 aromatic rings. The van der Waals surface area contributed by atoms with Crippen LogP contribution in [0.1, 0.15) is 20.8 Å². The van der Waals surface area contributed by atoms with E-state index in [1.807, 2.05) is 0 Å². The van der Waals surface area contributed by atoms with Crippen molar-refractivity contribution in [2.45, 2.75) is 0 Å². The standard InChI is InChI=1S/C16H11FN4O2S/c17-11-5-3-10(4-6-11)14(22)20-12-2-1-7-18-13(12)15(23)21-16-19-8-9-24-16/h1-9H,(H,20,22)(H,19,21,23). The van der Waals surface area contributed by atoms with E-state index >= 15 is 0 Å². The Bertz CT molecular complexity index is 866. The Morgan fingerprint density at radius 3 is 2.46 bits per heavy atom. The highest BCUT2D eigenvalue weighted by atomic mass is 32.1. The van der Waals surface area contributed by atoms with Crippen LogP contribution < -0.4 is 10.6 Å². The topological polar surface area (TPSA) is 84.0 Å². The van der Waals surface area contributed by atoms with Crippen molar-refractivity contribution in [2.75, 3.05) is 10.6 Å². The van der Waals surface area contributed by atoms with E-state index in [1.165, 1.54) is 41.8 Å². The van der Waals surface area contributed by atoms with E-state index in [-0.39, 0.29) is 16.9 Å². The van der Waals surface area contributed by atoms with Crippen LogP contribution in [0.3, 0.4) is 0 Å². The molecule has 8 heteroatoms. The molecule has 2 aromatic heterocycles. The lowest BCUT2D eigenvalue weighted by Gasteiger charge is -2.09. The van der Waals surface area contributed by atoms with Crippen LogP contribution in [0.4, 0.5) is 15.2 Å². The van der Waals surface area contributed by atoms with Crippen LogP contribution in [0.2, 0.25) is 0 Å². The van der Waals surface area contributed by atoms with E-state index < -0.39 is 17.6 Å². The summed E-state index contributed by atoms with van der Waals surface area (Å²) in [4.78, 5) is 32.5. The lowest BCUT2D eigenvalue weighted by Crippen LogP contribution is -2.19. The molecule has 0 unspecified atom stereocenters. The molecule has 0 saturated carbocycles. The third-order valence-electron chi connectivity index (χ3n) is 3.03. The Labute approximate surface area is 140 Å². The average molecular weight is 342 g/mol. The lowest BCUT2D eigenvalue weighted by atomic mass is 10.2. The van der Waals surface area contributed by atoms with Gasteiger partial charge < -0.3 is 5.32 Å². The highest BCUT2D eigenvalue weighted by Crippen LogP contribution is 2.17. The SMILES string of the molecule is O=C(Nc1cccnc1C(=O)Nc1nccs1)c1ccc(F)cc1. The van der Waals surface area contributed by atoms with Crippen LogP contribution in [0.15, 0.2) is 54.2 Å². The van der Waals surface area contributed by atoms with Crippen molar-refractivity contribution in [3.63, 3.8) is 0 Å². The zero-order valence-corrected chi connectivity index (χ0v) is 13.0. The minimum absolute atomic E-state index is 0.0585. The predicted molar refractivity (Wildman–Crippen MR) is 88.7 cm³/mol. The van der Waals surface area contributed by atoms with Crippen LogP contribution in [-0.4, -0.2) is 21.8 Å². The highest BCUT2D eigenvalue weighted by molar-refractivity contribution is 7.13. The van der Waals surface area contributed by atoms with Gasteiger partial charge in [-0.2, -0.15) is 0 Å². The molecular formula is C16H11FN4O2S. The lowest BCUT2D eigenvalue weighted by molar-refractivity contribution is 0.102. The van der Waals surface area contributed by atoms with Crippen molar-refractivity contribution < 1.29 is 14.0 Å². The summed E-state index contributed by atoms with van der Waals surface area (Å²) in [6.45, 7) is 0. The van der Waals surface area contributed by atoms with Gasteiger partial charge >= 0.3 is 0 Å². The average Bonchev–Trinajstić information content (AvgIpc) is 3.09. The molecular weight excluding hydrogens is 331 g/mol. The Balaban J connectivity index is 1.80. The minimum atomic E-state index is -0.486. The molecule has 0 aliphatic rings. The highest BCUT2D eigenvalue weighted by Gasteiger charge is 2.16. The first-order chi connectivity index (χ1) is 11.6. The van der Waals surface area contributed by atoms with E-state index in [9.17, 15) is 14.0 Å². The first-order valence-electron chi connectivity index (χ1n) is 6.86. The van der Waals surface area contributed by atoms with Crippen LogP contribution in [0.5, 0.6) is 0 Å². The number of pyridine rings is 1. The number of halogens is 1. The zero-order valence-electron chi connectivity index (χ0n) is 12.2. The van der Waals surface area contributed by atoms with Gasteiger partial charge in [0.25, 0.3) is 11.8 Å². The van der Waals surface area contributed by atoms with Crippen molar-refractivity contribution in [2.24, 2.45) is 0 Å². The second-order valence-corrected chi connectivity index (χ2v) is 5.55. The number of hydrogen-bond acceptors (Lipinski definition) is 5. The van der Waals surface area contributed by atoms with Gasteiger partial charge in [0.1, 0.15) is 5.82 Å². The first kappa shape index (κ1) is 15.8. The second-order valence-electron chi connectivity index (χ2n) is 4.65. The Kier molecular flexibility index (Phi) is 4.57. The van der Waals surface area contributed by atoms with E-state index in [4.69, 9.17) is 0 Å². The fourth-order valence-corrected chi connectivity index (χ4v) is 2.45. The summed E-state index contributed by atoms with van der Waals surface area (Å²) in [6, 6.07) is 8.25. The third kappa shape index (κ3) is 3.61. The van der Waals surface area contributed by atoms with Gasteiger partial charge in [0.2, 0.25) is 0 Å². The summed E-state index contributed by atoms with van der Waals surface area (Å²) in [6.07, 6.45) is 3.01. The Morgan fingerprint density at radius 2 is 1.75 bits per heavy atom. The fourth-order valence-electron chi connectivity index (χ4n) is 1.92. The van der Waals surface area contributed by atoms with Gasteiger partial charge in [-0.1, -0.05) is 0 Å². The summed E-state index contributed by atoms with van der Waals surface area (Å²) < 4.78 is 12.9. The van der Waals surface area contributed by atoms with E-state index in [0.717, 1.165) is 0 Å². The van der Waals surface area contributed by atoms with Gasteiger partial charge in [-0.15, -0.1) is 11.3 Å². The normalized spacial score (nSPS) is 10.2. The van der Waals surface area contributed by atoms with Crippen LogP contribution in [-0.2, 0) is 0 Å². The van der Waals surface area contributed by atoms with Crippen LogP contribution in [0, 0.1) is 5.82 Å². The van der Waals surface area contributed by atoms with Gasteiger partial charge in [0.05, 0.1) is 5.69 Å². The van der Waals surface area contributed by atoms with E-state index in [1.54, 1.807) is 23.7 Å². The molecule has 0 aliphatic carbocycles. The van der Waals surface area contributed by atoms with Gasteiger partial charge in [-0.3, -0.25) is 14.9 Å². The molecule has 6 nitrogen and oxygen atoms in total. The maximum absolute atomic E-state index is 12.9. The second kappa shape index (κ2) is 6.97. The quantitative estimate of drug-likeness (QED) is 0.763. The molecule has 0 spiro atoms. The van der Waals surface area contributed by atoms with Gasteiger partial charge in [0, 0.05) is 23.3 Å². The van der Waals surface area contributed by atoms with Crippen molar-refractivity contribution in [3.8, 4) is 0 Å². The molecule has 2 amide bonds. The molecule has 0 atom stereocenters. The minimum Gasteiger partial charge on any atom is -0.320 e. The first-order valence-corrected chi connectivity index (χ1v) is 7.74. The molecule has 24 heavy (non-hydrogen) atoms. The number of rotatable bonds is 4. The summed E-state index contributed by atoms with van der Waals surface area (Å²) in [5.41, 5.74) is 0.579. The van der Waals surface area contributed by atoms with Crippen molar-refractivity contribution >= 4 is 34.0 Å². The van der Waals surface area contributed by atoms with Gasteiger partial charge in [0.15, 0.2) is 10.8 Å². The van der Waals surface area contributed by atoms with Gasteiger partial charge in [-0.25, -0.2) is 14.4 Å². The zero-order chi connectivity index (χ0) is 16.9. The maximum atomic E-state index is 12.9. The predicted octanol–water partition coefficient (Wildman–Crippen LogP) is 3.18. The molecule has 0 radical (unpaired) electrons. The van der Waals surface area contributed by atoms with Crippen molar-refractivity contribution in [1.82, 2.24) is 9.97 Å². The number of thiazole rings is 1. The number of nitrogens with zero attached hydrogens (tertiary/aromatic N) is 2. The van der Waals surface area contributed by atoms with E-state index in [2.05, 4.69) is 20.6 Å². The number of anilines is 2. The molecule has 1 aromatic carbocycles. The maximum Gasteiger partial charge on any atom is 0.278 e.